The first-order valence-electron chi connectivity index (χ1n) is 7.17. The van der Waals surface area contributed by atoms with E-state index in [4.69, 9.17) is 0 Å². The highest BCUT2D eigenvalue weighted by Gasteiger charge is 2.32. The lowest BCUT2D eigenvalue weighted by Gasteiger charge is -2.36. The van der Waals surface area contributed by atoms with Crippen LogP contribution in [-0.2, 0) is 0 Å². The third kappa shape index (κ3) is 2.59. The van der Waals surface area contributed by atoms with Crippen LogP contribution in [0.15, 0.2) is 12.4 Å². The molecule has 0 bridgehead atoms. The van der Waals surface area contributed by atoms with Crippen LogP contribution in [0.2, 0.25) is 0 Å². The van der Waals surface area contributed by atoms with E-state index >= 15 is 0 Å². The molecule has 0 saturated carbocycles. The van der Waals surface area contributed by atoms with E-state index in [-0.39, 0.29) is 0 Å². The molecule has 1 unspecified atom stereocenters. The normalized spacial score (nSPS) is 30.9. The van der Waals surface area contributed by atoms with Crippen LogP contribution in [0.5, 0.6) is 0 Å². The van der Waals surface area contributed by atoms with Gasteiger partial charge in [-0.3, -0.25) is 5.10 Å². The Bertz CT molecular complexity index is 359. The van der Waals surface area contributed by atoms with E-state index < -0.39 is 0 Å². The van der Waals surface area contributed by atoms with Crippen molar-refractivity contribution in [2.45, 2.75) is 32.1 Å². The molecule has 4 heteroatoms. The Labute approximate surface area is 109 Å². The largest absolute Gasteiger partial charge is 0.316 e. The molecule has 2 aliphatic heterocycles. The fourth-order valence-electron chi connectivity index (χ4n) is 3.45. The summed E-state index contributed by atoms with van der Waals surface area (Å²) in [7, 11) is 0. The number of piperidine rings is 1. The fourth-order valence-corrected chi connectivity index (χ4v) is 3.45. The summed E-state index contributed by atoms with van der Waals surface area (Å²) in [5, 5.41) is 10.5. The van der Waals surface area contributed by atoms with E-state index in [1.165, 1.54) is 57.5 Å². The molecule has 1 aromatic heterocycles. The average molecular weight is 248 g/mol. The number of hydrogen-bond acceptors (Lipinski definition) is 3. The van der Waals surface area contributed by atoms with Crippen LogP contribution in [-0.4, -0.2) is 47.8 Å². The summed E-state index contributed by atoms with van der Waals surface area (Å²) in [5.41, 5.74) is 1.89. The summed E-state index contributed by atoms with van der Waals surface area (Å²) >= 11 is 0. The molecule has 3 rings (SSSR count). The van der Waals surface area contributed by atoms with Gasteiger partial charge in [0.1, 0.15) is 0 Å². The fraction of sp³-hybridized carbons (Fsp3) is 0.786. The van der Waals surface area contributed by atoms with Crippen LogP contribution in [0.25, 0.3) is 0 Å². The molecule has 4 nitrogen and oxygen atoms in total. The average Bonchev–Trinajstić information content (AvgIpc) is 3.02. The molecule has 2 aliphatic rings. The van der Waals surface area contributed by atoms with Crippen LogP contribution in [0.3, 0.4) is 0 Å². The zero-order chi connectivity index (χ0) is 12.4. The maximum Gasteiger partial charge on any atom is 0.0522 e. The molecule has 0 spiro atoms. The Morgan fingerprint density at radius 3 is 2.89 bits per heavy atom. The van der Waals surface area contributed by atoms with Crippen LogP contribution in [0.1, 0.15) is 37.7 Å². The van der Waals surface area contributed by atoms with Gasteiger partial charge in [0.05, 0.1) is 6.20 Å². The van der Waals surface area contributed by atoms with Crippen molar-refractivity contribution in [2.75, 3.05) is 32.7 Å². The molecule has 0 amide bonds. The number of rotatable bonds is 3. The summed E-state index contributed by atoms with van der Waals surface area (Å²) in [6, 6.07) is 0. The van der Waals surface area contributed by atoms with E-state index in [1.807, 2.05) is 6.20 Å². The van der Waals surface area contributed by atoms with Gasteiger partial charge >= 0.3 is 0 Å². The van der Waals surface area contributed by atoms with E-state index in [9.17, 15) is 0 Å². The minimum Gasteiger partial charge on any atom is -0.316 e. The van der Waals surface area contributed by atoms with Crippen LogP contribution in [0.4, 0.5) is 0 Å². The Hall–Kier alpha value is -0.870. The third-order valence-corrected chi connectivity index (χ3v) is 4.64. The molecular weight excluding hydrogens is 224 g/mol. The SMILES string of the molecule is CC1(CN2CCC(c3cn[nH]c3)CC2)CCNC1. The molecule has 0 radical (unpaired) electrons. The van der Waals surface area contributed by atoms with Crippen molar-refractivity contribution in [3.63, 3.8) is 0 Å². The number of nitrogens with zero attached hydrogens (tertiary/aromatic N) is 2. The monoisotopic (exact) mass is 248 g/mol. The molecule has 0 aliphatic carbocycles. The predicted molar refractivity (Wildman–Crippen MR) is 72.6 cm³/mol. The lowest BCUT2D eigenvalue weighted by molar-refractivity contribution is 0.144. The van der Waals surface area contributed by atoms with Gasteiger partial charge in [0.2, 0.25) is 0 Å². The summed E-state index contributed by atoms with van der Waals surface area (Å²) < 4.78 is 0. The molecule has 0 aromatic carbocycles. The lowest BCUT2D eigenvalue weighted by atomic mass is 9.86. The highest BCUT2D eigenvalue weighted by Crippen LogP contribution is 2.31. The molecule has 1 atom stereocenters. The summed E-state index contributed by atoms with van der Waals surface area (Å²) in [4.78, 5) is 2.66. The molecule has 3 heterocycles. The standard InChI is InChI=1S/C14H24N4/c1-14(4-5-15-10-14)11-18-6-2-12(3-7-18)13-8-16-17-9-13/h8-9,12,15H,2-7,10-11H2,1H3,(H,16,17). The topological polar surface area (TPSA) is 44.0 Å². The van der Waals surface area contributed by atoms with Gasteiger partial charge in [-0.05, 0) is 55.8 Å². The summed E-state index contributed by atoms with van der Waals surface area (Å²) in [6.45, 7) is 8.56. The van der Waals surface area contributed by atoms with E-state index in [1.54, 1.807) is 0 Å². The molecule has 2 fully saturated rings. The van der Waals surface area contributed by atoms with Gasteiger partial charge < -0.3 is 10.2 Å². The van der Waals surface area contributed by atoms with Crippen LogP contribution >= 0.6 is 0 Å². The lowest BCUT2D eigenvalue weighted by Crippen LogP contribution is -2.41. The van der Waals surface area contributed by atoms with Gasteiger partial charge in [-0.2, -0.15) is 5.10 Å². The van der Waals surface area contributed by atoms with Gasteiger partial charge in [0, 0.05) is 19.3 Å². The second kappa shape index (κ2) is 5.02. The van der Waals surface area contributed by atoms with Crippen LogP contribution < -0.4 is 5.32 Å². The maximum absolute atomic E-state index is 4.06. The summed E-state index contributed by atoms with van der Waals surface area (Å²) in [5.74, 6) is 0.717. The van der Waals surface area contributed by atoms with E-state index in [0.717, 1.165) is 5.92 Å². The minimum absolute atomic E-state index is 0.502. The van der Waals surface area contributed by atoms with Gasteiger partial charge in [-0.15, -0.1) is 0 Å². The quantitative estimate of drug-likeness (QED) is 0.854. The Morgan fingerprint density at radius 1 is 1.44 bits per heavy atom. The van der Waals surface area contributed by atoms with Crippen molar-refractivity contribution in [2.24, 2.45) is 5.41 Å². The Morgan fingerprint density at radius 2 is 2.28 bits per heavy atom. The maximum atomic E-state index is 4.06. The molecule has 2 N–H and O–H groups in total. The molecule has 1 aromatic rings. The number of likely N-dealkylation sites (tertiary alicyclic amines) is 1. The molecule has 2 saturated heterocycles. The minimum atomic E-state index is 0.502. The highest BCUT2D eigenvalue weighted by atomic mass is 15.1. The van der Waals surface area contributed by atoms with E-state index in [0.29, 0.717) is 5.41 Å². The first-order chi connectivity index (χ1) is 8.75. The van der Waals surface area contributed by atoms with Gasteiger partial charge in [0.15, 0.2) is 0 Å². The number of aromatic amines is 1. The zero-order valence-corrected chi connectivity index (χ0v) is 11.3. The number of aromatic nitrogens is 2. The summed E-state index contributed by atoms with van der Waals surface area (Å²) in [6.07, 6.45) is 7.94. The van der Waals surface area contributed by atoms with Crippen molar-refractivity contribution in [1.82, 2.24) is 20.4 Å². The number of hydrogen-bond donors (Lipinski definition) is 2. The zero-order valence-electron chi connectivity index (χ0n) is 11.3. The Kier molecular flexibility index (Phi) is 3.39. The van der Waals surface area contributed by atoms with Crippen molar-refractivity contribution in [3.8, 4) is 0 Å². The second-order valence-electron chi connectivity index (χ2n) is 6.32. The van der Waals surface area contributed by atoms with Crippen molar-refractivity contribution < 1.29 is 0 Å². The molecule has 100 valence electrons. The van der Waals surface area contributed by atoms with Crippen molar-refractivity contribution in [3.05, 3.63) is 18.0 Å². The Balaban J connectivity index is 1.51. The van der Waals surface area contributed by atoms with Crippen molar-refractivity contribution in [1.29, 1.82) is 0 Å². The van der Waals surface area contributed by atoms with E-state index in [2.05, 4.69) is 33.5 Å². The number of H-pyrrole nitrogens is 1. The number of nitrogens with one attached hydrogen (secondary N) is 2. The van der Waals surface area contributed by atoms with Gasteiger partial charge in [-0.1, -0.05) is 6.92 Å². The molecular formula is C14H24N4. The van der Waals surface area contributed by atoms with Gasteiger partial charge in [0.25, 0.3) is 0 Å². The van der Waals surface area contributed by atoms with Crippen molar-refractivity contribution >= 4 is 0 Å². The van der Waals surface area contributed by atoms with Crippen LogP contribution in [0, 0.1) is 5.41 Å². The third-order valence-electron chi connectivity index (χ3n) is 4.64. The molecule has 18 heavy (non-hydrogen) atoms. The second-order valence-corrected chi connectivity index (χ2v) is 6.32. The van der Waals surface area contributed by atoms with Gasteiger partial charge in [-0.25, -0.2) is 0 Å². The first-order valence-corrected chi connectivity index (χ1v) is 7.17. The first kappa shape index (κ1) is 12.2. The highest BCUT2D eigenvalue weighted by molar-refractivity contribution is 5.11. The predicted octanol–water partition coefficient (Wildman–Crippen LogP) is 1.59. The smallest absolute Gasteiger partial charge is 0.0522 e.